The van der Waals surface area contributed by atoms with E-state index in [9.17, 15) is 9.59 Å². The van der Waals surface area contributed by atoms with Gasteiger partial charge in [0.2, 0.25) is 5.91 Å². The molecule has 1 fully saturated rings. The van der Waals surface area contributed by atoms with Crippen LogP contribution in [0.5, 0.6) is 0 Å². The van der Waals surface area contributed by atoms with Gasteiger partial charge in [-0.1, -0.05) is 17.7 Å². The van der Waals surface area contributed by atoms with E-state index in [2.05, 4.69) is 5.32 Å². The Morgan fingerprint density at radius 2 is 1.96 bits per heavy atom. The Labute approximate surface area is 141 Å². The van der Waals surface area contributed by atoms with Gasteiger partial charge >= 0.3 is 6.09 Å². The third-order valence-electron chi connectivity index (χ3n) is 4.46. The molecule has 1 heterocycles. The SMILES string of the molecule is CC(=O)NC(C)c1cc(C)c(Cl)cc1C1CCN(C(=O)O)CC1. The van der Waals surface area contributed by atoms with Crippen LogP contribution >= 0.6 is 11.6 Å². The maximum atomic E-state index is 11.4. The number of halogens is 1. The monoisotopic (exact) mass is 338 g/mol. The molecule has 0 bridgehead atoms. The van der Waals surface area contributed by atoms with Crippen molar-refractivity contribution in [2.45, 2.75) is 45.6 Å². The van der Waals surface area contributed by atoms with E-state index >= 15 is 0 Å². The van der Waals surface area contributed by atoms with E-state index in [0.29, 0.717) is 18.1 Å². The molecule has 1 aromatic rings. The van der Waals surface area contributed by atoms with Crippen molar-refractivity contribution in [1.82, 2.24) is 10.2 Å². The zero-order valence-electron chi connectivity index (χ0n) is 13.7. The van der Waals surface area contributed by atoms with E-state index in [1.807, 2.05) is 26.0 Å². The van der Waals surface area contributed by atoms with Gasteiger partial charge in [-0.05, 0) is 55.4 Å². The summed E-state index contributed by atoms with van der Waals surface area (Å²) in [6.45, 7) is 6.46. The fourth-order valence-corrected chi connectivity index (χ4v) is 3.38. The molecule has 0 spiro atoms. The van der Waals surface area contributed by atoms with Crippen LogP contribution in [-0.4, -0.2) is 35.1 Å². The van der Waals surface area contributed by atoms with E-state index < -0.39 is 6.09 Å². The van der Waals surface area contributed by atoms with Crippen LogP contribution in [0.1, 0.15) is 55.3 Å². The smallest absolute Gasteiger partial charge is 0.407 e. The van der Waals surface area contributed by atoms with E-state index in [1.54, 1.807) is 0 Å². The minimum absolute atomic E-state index is 0.0725. The number of carbonyl (C=O) groups is 2. The number of nitrogens with zero attached hydrogens (tertiary/aromatic N) is 1. The van der Waals surface area contributed by atoms with Crippen molar-refractivity contribution >= 4 is 23.6 Å². The molecule has 23 heavy (non-hydrogen) atoms. The molecule has 1 aliphatic heterocycles. The summed E-state index contributed by atoms with van der Waals surface area (Å²) < 4.78 is 0. The van der Waals surface area contributed by atoms with E-state index in [4.69, 9.17) is 16.7 Å². The minimum Gasteiger partial charge on any atom is -0.465 e. The molecule has 1 atom stereocenters. The highest BCUT2D eigenvalue weighted by atomic mass is 35.5. The van der Waals surface area contributed by atoms with Crippen LogP contribution in [0.25, 0.3) is 0 Å². The predicted molar refractivity (Wildman–Crippen MR) is 90.0 cm³/mol. The van der Waals surface area contributed by atoms with Gasteiger partial charge in [-0.15, -0.1) is 0 Å². The lowest BCUT2D eigenvalue weighted by Crippen LogP contribution is -2.37. The van der Waals surface area contributed by atoms with E-state index in [-0.39, 0.29) is 17.9 Å². The third kappa shape index (κ3) is 4.16. The van der Waals surface area contributed by atoms with Crippen molar-refractivity contribution in [2.24, 2.45) is 0 Å². The highest BCUT2D eigenvalue weighted by molar-refractivity contribution is 6.31. The molecule has 1 aliphatic rings. The zero-order chi connectivity index (χ0) is 17.1. The highest BCUT2D eigenvalue weighted by Gasteiger charge is 2.26. The summed E-state index contributed by atoms with van der Waals surface area (Å²) in [6.07, 6.45) is 0.675. The van der Waals surface area contributed by atoms with Gasteiger partial charge in [-0.3, -0.25) is 4.79 Å². The molecule has 2 amide bonds. The average molecular weight is 339 g/mol. The fourth-order valence-electron chi connectivity index (χ4n) is 3.21. The first-order valence-corrected chi connectivity index (χ1v) is 8.22. The number of amides is 2. The van der Waals surface area contributed by atoms with Crippen LogP contribution in [0.4, 0.5) is 4.79 Å². The summed E-state index contributed by atoms with van der Waals surface area (Å²) in [5.74, 6) is 0.187. The molecule has 1 saturated heterocycles. The topological polar surface area (TPSA) is 69.6 Å². The van der Waals surface area contributed by atoms with Gasteiger partial charge in [0.15, 0.2) is 0 Å². The number of carbonyl (C=O) groups excluding carboxylic acids is 1. The summed E-state index contributed by atoms with van der Waals surface area (Å²) in [7, 11) is 0. The molecular formula is C17H23ClN2O3. The number of hydrogen-bond acceptors (Lipinski definition) is 2. The molecule has 0 aromatic heterocycles. The molecule has 126 valence electrons. The first-order chi connectivity index (χ1) is 10.8. The Morgan fingerprint density at radius 1 is 1.35 bits per heavy atom. The van der Waals surface area contributed by atoms with Gasteiger partial charge in [-0.2, -0.15) is 0 Å². The second-order valence-electron chi connectivity index (χ2n) is 6.20. The van der Waals surface area contributed by atoms with Crippen molar-refractivity contribution in [1.29, 1.82) is 0 Å². The summed E-state index contributed by atoms with van der Waals surface area (Å²) in [5.41, 5.74) is 3.16. The largest absolute Gasteiger partial charge is 0.465 e. The Balaban J connectivity index is 2.28. The fraction of sp³-hybridized carbons (Fsp3) is 0.529. The summed E-state index contributed by atoms with van der Waals surface area (Å²) in [6, 6.07) is 3.91. The summed E-state index contributed by atoms with van der Waals surface area (Å²) in [5, 5.41) is 12.7. The van der Waals surface area contributed by atoms with Crippen LogP contribution in [0.15, 0.2) is 12.1 Å². The molecule has 1 aromatic carbocycles. The van der Waals surface area contributed by atoms with Gasteiger partial charge < -0.3 is 15.3 Å². The second kappa shape index (κ2) is 7.21. The quantitative estimate of drug-likeness (QED) is 0.882. The molecule has 5 nitrogen and oxygen atoms in total. The lowest BCUT2D eigenvalue weighted by Gasteiger charge is -2.32. The van der Waals surface area contributed by atoms with Crippen molar-refractivity contribution < 1.29 is 14.7 Å². The van der Waals surface area contributed by atoms with Crippen molar-refractivity contribution in [2.75, 3.05) is 13.1 Å². The predicted octanol–water partition coefficient (Wildman–Crippen LogP) is 3.70. The Kier molecular flexibility index (Phi) is 5.52. The number of benzene rings is 1. The molecule has 0 saturated carbocycles. The van der Waals surface area contributed by atoms with Crippen LogP contribution in [0.2, 0.25) is 5.02 Å². The Bertz CT molecular complexity index is 610. The van der Waals surface area contributed by atoms with Crippen molar-refractivity contribution in [3.8, 4) is 0 Å². The van der Waals surface area contributed by atoms with Crippen LogP contribution in [-0.2, 0) is 4.79 Å². The molecule has 6 heteroatoms. The van der Waals surface area contributed by atoms with Gasteiger partial charge in [-0.25, -0.2) is 4.79 Å². The summed E-state index contributed by atoms with van der Waals surface area (Å²) in [4.78, 5) is 23.9. The van der Waals surface area contributed by atoms with Crippen molar-refractivity contribution in [3.63, 3.8) is 0 Å². The maximum absolute atomic E-state index is 11.4. The Morgan fingerprint density at radius 3 is 2.48 bits per heavy atom. The lowest BCUT2D eigenvalue weighted by molar-refractivity contribution is -0.119. The van der Waals surface area contributed by atoms with Gasteiger partial charge in [0.1, 0.15) is 0 Å². The van der Waals surface area contributed by atoms with Gasteiger partial charge in [0.05, 0.1) is 6.04 Å². The van der Waals surface area contributed by atoms with Gasteiger partial charge in [0, 0.05) is 25.0 Å². The molecule has 1 unspecified atom stereocenters. The van der Waals surface area contributed by atoms with Crippen molar-refractivity contribution in [3.05, 3.63) is 33.8 Å². The number of aryl methyl sites for hydroxylation is 1. The van der Waals surface area contributed by atoms with Gasteiger partial charge in [0.25, 0.3) is 0 Å². The van der Waals surface area contributed by atoms with E-state index in [0.717, 1.165) is 29.5 Å². The third-order valence-corrected chi connectivity index (χ3v) is 4.86. The number of hydrogen-bond donors (Lipinski definition) is 2. The Hall–Kier alpha value is -1.75. The standard InChI is InChI=1S/C17H23ClN2O3/c1-10-8-14(11(2)19-12(3)21)15(9-16(10)18)13-4-6-20(7-5-13)17(22)23/h8-9,11,13H,4-7H2,1-3H3,(H,19,21)(H,22,23). The first kappa shape index (κ1) is 17.6. The second-order valence-corrected chi connectivity index (χ2v) is 6.60. The zero-order valence-corrected chi connectivity index (χ0v) is 14.5. The molecule has 2 rings (SSSR count). The average Bonchev–Trinajstić information content (AvgIpc) is 2.49. The number of carboxylic acid groups (broad SMARTS) is 1. The number of nitrogens with one attached hydrogen (secondary N) is 1. The molecule has 0 radical (unpaired) electrons. The summed E-state index contributed by atoms with van der Waals surface area (Å²) >= 11 is 6.30. The number of piperidine rings is 1. The van der Waals surface area contributed by atoms with E-state index in [1.165, 1.54) is 11.8 Å². The molecule has 2 N–H and O–H groups in total. The van der Waals surface area contributed by atoms with Crippen LogP contribution in [0.3, 0.4) is 0 Å². The normalized spacial score (nSPS) is 17.0. The molecule has 0 aliphatic carbocycles. The number of likely N-dealkylation sites (tertiary alicyclic amines) is 1. The minimum atomic E-state index is -0.864. The maximum Gasteiger partial charge on any atom is 0.407 e. The molecular weight excluding hydrogens is 316 g/mol. The first-order valence-electron chi connectivity index (χ1n) is 7.84. The van der Waals surface area contributed by atoms with Crippen LogP contribution < -0.4 is 5.32 Å². The lowest BCUT2D eigenvalue weighted by atomic mass is 9.84. The van der Waals surface area contributed by atoms with Crippen LogP contribution in [0, 0.1) is 6.92 Å². The highest BCUT2D eigenvalue weighted by Crippen LogP contribution is 2.36. The number of rotatable bonds is 3.